The number of benzene rings is 1. The van der Waals surface area contributed by atoms with Gasteiger partial charge >= 0.3 is 0 Å². The lowest BCUT2D eigenvalue weighted by Crippen LogP contribution is -2.26. The standard InChI is InChI=1S/C14H23NO2/c1-4-17-14-7-5-6-13(8-14)12(3)15-9-11(2)10-16/h5-8,11-12,15-16H,4,9-10H2,1-3H3. The van der Waals surface area contributed by atoms with Crippen LogP contribution in [0.5, 0.6) is 5.75 Å². The number of aliphatic hydroxyl groups is 1. The molecule has 0 heterocycles. The van der Waals surface area contributed by atoms with Crippen molar-refractivity contribution in [2.75, 3.05) is 19.8 Å². The van der Waals surface area contributed by atoms with Gasteiger partial charge in [0.1, 0.15) is 5.75 Å². The molecule has 0 radical (unpaired) electrons. The molecule has 0 amide bonds. The van der Waals surface area contributed by atoms with Crippen LogP contribution in [0.4, 0.5) is 0 Å². The summed E-state index contributed by atoms with van der Waals surface area (Å²) < 4.78 is 5.48. The molecule has 17 heavy (non-hydrogen) atoms. The number of nitrogens with one attached hydrogen (secondary N) is 1. The maximum atomic E-state index is 8.97. The van der Waals surface area contributed by atoms with E-state index in [1.165, 1.54) is 5.56 Å². The molecule has 2 N–H and O–H groups in total. The molecular weight excluding hydrogens is 214 g/mol. The van der Waals surface area contributed by atoms with Gasteiger partial charge in [0, 0.05) is 19.2 Å². The lowest BCUT2D eigenvalue weighted by Gasteiger charge is -2.17. The SMILES string of the molecule is CCOc1cccc(C(C)NCC(C)CO)c1. The summed E-state index contributed by atoms with van der Waals surface area (Å²) in [6, 6.07) is 8.39. The number of hydrogen-bond donors (Lipinski definition) is 2. The highest BCUT2D eigenvalue weighted by Gasteiger charge is 2.07. The zero-order chi connectivity index (χ0) is 12.7. The molecule has 3 heteroatoms. The summed E-state index contributed by atoms with van der Waals surface area (Å²) in [4.78, 5) is 0. The average Bonchev–Trinajstić information content (AvgIpc) is 2.36. The van der Waals surface area contributed by atoms with E-state index in [1.54, 1.807) is 0 Å². The molecule has 0 saturated carbocycles. The number of hydrogen-bond acceptors (Lipinski definition) is 3. The van der Waals surface area contributed by atoms with Crippen LogP contribution in [-0.2, 0) is 0 Å². The fourth-order valence-corrected chi connectivity index (χ4v) is 1.60. The van der Waals surface area contributed by atoms with Crippen molar-refractivity contribution in [1.29, 1.82) is 0 Å². The second-order valence-electron chi connectivity index (χ2n) is 4.42. The Labute approximate surface area is 104 Å². The largest absolute Gasteiger partial charge is 0.494 e. The molecule has 96 valence electrons. The van der Waals surface area contributed by atoms with Crippen molar-refractivity contribution in [2.24, 2.45) is 5.92 Å². The number of aliphatic hydroxyl groups excluding tert-OH is 1. The fourth-order valence-electron chi connectivity index (χ4n) is 1.60. The first-order valence-electron chi connectivity index (χ1n) is 6.24. The van der Waals surface area contributed by atoms with E-state index >= 15 is 0 Å². The van der Waals surface area contributed by atoms with Crippen LogP contribution < -0.4 is 10.1 Å². The Balaban J connectivity index is 2.55. The van der Waals surface area contributed by atoms with Crippen molar-refractivity contribution in [3.05, 3.63) is 29.8 Å². The molecule has 0 aliphatic rings. The van der Waals surface area contributed by atoms with E-state index < -0.39 is 0 Å². The second kappa shape index (κ2) is 7.30. The molecule has 1 aromatic rings. The van der Waals surface area contributed by atoms with Gasteiger partial charge < -0.3 is 15.2 Å². The van der Waals surface area contributed by atoms with Crippen LogP contribution in [0, 0.1) is 5.92 Å². The fraction of sp³-hybridized carbons (Fsp3) is 0.571. The third kappa shape index (κ3) is 4.75. The third-order valence-corrected chi connectivity index (χ3v) is 2.75. The van der Waals surface area contributed by atoms with Crippen LogP contribution in [-0.4, -0.2) is 24.9 Å². The molecule has 2 unspecified atom stereocenters. The van der Waals surface area contributed by atoms with Gasteiger partial charge in [0.15, 0.2) is 0 Å². The molecular formula is C14H23NO2. The molecule has 0 fully saturated rings. The van der Waals surface area contributed by atoms with Crippen molar-refractivity contribution in [1.82, 2.24) is 5.32 Å². The van der Waals surface area contributed by atoms with Gasteiger partial charge in [0.05, 0.1) is 6.61 Å². The van der Waals surface area contributed by atoms with Crippen molar-refractivity contribution >= 4 is 0 Å². The van der Waals surface area contributed by atoms with Crippen LogP contribution in [0.25, 0.3) is 0 Å². The van der Waals surface area contributed by atoms with Gasteiger partial charge in [-0.15, -0.1) is 0 Å². The molecule has 0 saturated heterocycles. The summed E-state index contributed by atoms with van der Waals surface area (Å²) in [6.07, 6.45) is 0. The van der Waals surface area contributed by atoms with E-state index in [4.69, 9.17) is 9.84 Å². The molecule has 3 nitrogen and oxygen atoms in total. The van der Waals surface area contributed by atoms with Gasteiger partial charge in [-0.3, -0.25) is 0 Å². The Morgan fingerprint density at radius 3 is 2.76 bits per heavy atom. The number of ether oxygens (including phenoxy) is 1. The second-order valence-corrected chi connectivity index (χ2v) is 4.42. The smallest absolute Gasteiger partial charge is 0.119 e. The summed E-state index contributed by atoms with van der Waals surface area (Å²) in [5.41, 5.74) is 1.21. The van der Waals surface area contributed by atoms with Gasteiger partial charge in [-0.05, 0) is 37.5 Å². The lowest BCUT2D eigenvalue weighted by molar-refractivity contribution is 0.231. The van der Waals surface area contributed by atoms with Crippen LogP contribution in [0.3, 0.4) is 0 Å². The molecule has 0 aliphatic heterocycles. The minimum absolute atomic E-state index is 0.221. The van der Waals surface area contributed by atoms with Gasteiger partial charge in [0.25, 0.3) is 0 Å². The number of rotatable bonds is 7. The van der Waals surface area contributed by atoms with Crippen molar-refractivity contribution in [3.8, 4) is 5.75 Å². The van der Waals surface area contributed by atoms with E-state index in [0.717, 1.165) is 12.3 Å². The Hall–Kier alpha value is -1.06. The highest BCUT2D eigenvalue weighted by Crippen LogP contribution is 2.19. The van der Waals surface area contributed by atoms with E-state index in [2.05, 4.69) is 24.4 Å². The predicted molar refractivity (Wildman–Crippen MR) is 70.3 cm³/mol. The molecule has 0 aliphatic carbocycles. The Kier molecular flexibility index (Phi) is 6.01. The van der Waals surface area contributed by atoms with Crippen molar-refractivity contribution in [3.63, 3.8) is 0 Å². The van der Waals surface area contributed by atoms with Crippen LogP contribution >= 0.6 is 0 Å². The first kappa shape index (κ1) is 14.0. The predicted octanol–water partition coefficient (Wildman–Crippen LogP) is 2.36. The maximum Gasteiger partial charge on any atom is 0.119 e. The van der Waals surface area contributed by atoms with Crippen LogP contribution in [0.15, 0.2) is 24.3 Å². The maximum absolute atomic E-state index is 8.97. The summed E-state index contributed by atoms with van der Waals surface area (Å²) in [6.45, 7) is 7.85. The first-order valence-corrected chi connectivity index (χ1v) is 6.24. The Morgan fingerprint density at radius 1 is 1.35 bits per heavy atom. The zero-order valence-corrected chi connectivity index (χ0v) is 10.9. The topological polar surface area (TPSA) is 41.5 Å². The normalized spacial score (nSPS) is 14.4. The average molecular weight is 237 g/mol. The van der Waals surface area contributed by atoms with E-state index in [-0.39, 0.29) is 18.6 Å². The minimum Gasteiger partial charge on any atom is -0.494 e. The van der Waals surface area contributed by atoms with Crippen molar-refractivity contribution < 1.29 is 9.84 Å². The molecule has 1 rings (SSSR count). The highest BCUT2D eigenvalue weighted by atomic mass is 16.5. The summed E-state index contributed by atoms with van der Waals surface area (Å²) in [7, 11) is 0. The molecule has 0 bridgehead atoms. The quantitative estimate of drug-likeness (QED) is 0.765. The molecule has 0 spiro atoms. The lowest BCUT2D eigenvalue weighted by atomic mass is 10.1. The monoisotopic (exact) mass is 237 g/mol. The summed E-state index contributed by atoms with van der Waals surface area (Å²) in [5, 5.41) is 12.4. The van der Waals surface area contributed by atoms with Crippen molar-refractivity contribution in [2.45, 2.75) is 26.8 Å². The molecule has 0 aromatic heterocycles. The Bertz CT molecular complexity index is 328. The highest BCUT2D eigenvalue weighted by molar-refractivity contribution is 5.30. The molecule has 1 aromatic carbocycles. The van der Waals surface area contributed by atoms with E-state index in [0.29, 0.717) is 6.61 Å². The summed E-state index contributed by atoms with van der Waals surface area (Å²) >= 11 is 0. The Morgan fingerprint density at radius 2 is 2.12 bits per heavy atom. The van der Waals surface area contributed by atoms with Gasteiger partial charge in [-0.2, -0.15) is 0 Å². The van der Waals surface area contributed by atoms with Gasteiger partial charge in [-0.25, -0.2) is 0 Å². The van der Waals surface area contributed by atoms with E-state index in [9.17, 15) is 0 Å². The van der Waals surface area contributed by atoms with Crippen LogP contribution in [0.2, 0.25) is 0 Å². The van der Waals surface area contributed by atoms with Gasteiger partial charge in [-0.1, -0.05) is 19.1 Å². The van der Waals surface area contributed by atoms with Gasteiger partial charge in [0.2, 0.25) is 0 Å². The van der Waals surface area contributed by atoms with Crippen LogP contribution in [0.1, 0.15) is 32.4 Å². The first-order chi connectivity index (χ1) is 8.17. The van der Waals surface area contributed by atoms with E-state index in [1.807, 2.05) is 26.0 Å². The summed E-state index contributed by atoms with van der Waals surface area (Å²) in [5.74, 6) is 1.20. The molecule has 2 atom stereocenters. The third-order valence-electron chi connectivity index (χ3n) is 2.75. The minimum atomic E-state index is 0.221. The zero-order valence-electron chi connectivity index (χ0n) is 10.9.